The minimum absolute atomic E-state index is 0.172. The van der Waals surface area contributed by atoms with E-state index in [2.05, 4.69) is 5.10 Å². The first-order valence-electron chi connectivity index (χ1n) is 4.04. The third-order valence-electron chi connectivity index (χ3n) is 1.99. The largest absolute Gasteiger partial charge is 0.394 e. The molecule has 1 fully saturated rings. The highest BCUT2D eigenvalue weighted by atomic mass is 16.3. The van der Waals surface area contributed by atoms with Gasteiger partial charge in [0.2, 0.25) is 0 Å². The number of aromatic nitrogens is 2. The van der Waals surface area contributed by atoms with Crippen molar-refractivity contribution >= 4 is 0 Å². The number of hydrogen-bond donors (Lipinski definition) is 1. The zero-order valence-corrected chi connectivity index (χ0v) is 6.40. The summed E-state index contributed by atoms with van der Waals surface area (Å²) in [5.41, 5.74) is 1.19. The second-order valence-corrected chi connectivity index (χ2v) is 3.00. The normalized spacial score (nSPS) is 17.2. The van der Waals surface area contributed by atoms with Crippen LogP contribution in [-0.4, -0.2) is 21.5 Å². The van der Waals surface area contributed by atoms with Crippen LogP contribution in [-0.2, 0) is 6.54 Å². The van der Waals surface area contributed by atoms with Crippen molar-refractivity contribution in [1.82, 2.24) is 9.78 Å². The number of hydrogen-bond acceptors (Lipinski definition) is 2. The predicted octanol–water partition coefficient (Wildman–Crippen LogP) is 0.753. The molecule has 2 rings (SSSR count). The van der Waals surface area contributed by atoms with Crippen molar-refractivity contribution in [2.75, 3.05) is 6.61 Å². The van der Waals surface area contributed by atoms with E-state index >= 15 is 0 Å². The Morgan fingerprint density at radius 2 is 2.45 bits per heavy atom. The van der Waals surface area contributed by atoms with Crippen LogP contribution in [0, 0.1) is 0 Å². The van der Waals surface area contributed by atoms with Gasteiger partial charge in [0, 0.05) is 12.1 Å². The minimum Gasteiger partial charge on any atom is -0.394 e. The third-order valence-corrected chi connectivity index (χ3v) is 1.99. The smallest absolute Gasteiger partial charge is 0.0655 e. The summed E-state index contributed by atoms with van der Waals surface area (Å²) in [4.78, 5) is 0. The third kappa shape index (κ3) is 1.43. The number of aliphatic hydroxyl groups excluding tert-OH is 1. The summed E-state index contributed by atoms with van der Waals surface area (Å²) in [6, 6.07) is 2.05. The summed E-state index contributed by atoms with van der Waals surface area (Å²) in [5.74, 6) is 0.718. The van der Waals surface area contributed by atoms with Gasteiger partial charge in [0.15, 0.2) is 0 Å². The van der Waals surface area contributed by atoms with Crippen LogP contribution in [0.25, 0.3) is 0 Å². The van der Waals surface area contributed by atoms with E-state index in [1.54, 1.807) is 4.68 Å². The topological polar surface area (TPSA) is 38.0 Å². The summed E-state index contributed by atoms with van der Waals surface area (Å²) >= 11 is 0. The fraction of sp³-hybridized carbons (Fsp3) is 0.625. The summed E-state index contributed by atoms with van der Waals surface area (Å²) in [5, 5.41) is 12.9. The maximum Gasteiger partial charge on any atom is 0.0655 e. The van der Waals surface area contributed by atoms with Gasteiger partial charge in [0.1, 0.15) is 0 Å². The van der Waals surface area contributed by atoms with Gasteiger partial charge in [0.25, 0.3) is 0 Å². The molecule has 3 nitrogen and oxygen atoms in total. The van der Waals surface area contributed by atoms with E-state index in [4.69, 9.17) is 5.11 Å². The summed E-state index contributed by atoms with van der Waals surface area (Å²) in [7, 11) is 0. The molecule has 60 valence electrons. The quantitative estimate of drug-likeness (QED) is 0.694. The molecule has 11 heavy (non-hydrogen) atoms. The van der Waals surface area contributed by atoms with Crippen LogP contribution in [0.1, 0.15) is 24.5 Å². The van der Waals surface area contributed by atoms with E-state index in [1.165, 1.54) is 18.5 Å². The van der Waals surface area contributed by atoms with Gasteiger partial charge in [-0.3, -0.25) is 4.68 Å². The monoisotopic (exact) mass is 152 g/mol. The molecule has 1 saturated carbocycles. The molecule has 0 radical (unpaired) electrons. The van der Waals surface area contributed by atoms with Gasteiger partial charge in [-0.1, -0.05) is 0 Å². The average Bonchev–Trinajstić information content (AvgIpc) is 2.75. The van der Waals surface area contributed by atoms with Crippen LogP contribution in [0.2, 0.25) is 0 Å². The van der Waals surface area contributed by atoms with Gasteiger partial charge in [-0.05, 0) is 18.9 Å². The fourth-order valence-corrected chi connectivity index (χ4v) is 1.20. The molecular weight excluding hydrogens is 140 g/mol. The molecule has 1 aliphatic rings. The van der Waals surface area contributed by atoms with E-state index in [0.717, 1.165) is 5.92 Å². The van der Waals surface area contributed by atoms with E-state index < -0.39 is 0 Å². The highest BCUT2D eigenvalue weighted by Gasteiger charge is 2.25. The Morgan fingerprint density at radius 3 is 3.09 bits per heavy atom. The molecule has 1 aromatic heterocycles. The minimum atomic E-state index is 0.172. The van der Waals surface area contributed by atoms with Crippen LogP contribution in [0.4, 0.5) is 0 Å². The molecule has 0 bridgehead atoms. The SMILES string of the molecule is OCCn1ccc(C2CC2)n1. The molecule has 3 heteroatoms. The molecule has 1 aromatic rings. The van der Waals surface area contributed by atoms with Crippen molar-refractivity contribution in [2.24, 2.45) is 0 Å². The average molecular weight is 152 g/mol. The molecule has 0 unspecified atom stereocenters. The van der Waals surface area contributed by atoms with Crippen LogP contribution in [0.5, 0.6) is 0 Å². The Hall–Kier alpha value is -0.830. The molecule has 0 saturated heterocycles. The first-order chi connectivity index (χ1) is 5.40. The van der Waals surface area contributed by atoms with Crippen molar-refractivity contribution < 1.29 is 5.11 Å². The Labute approximate surface area is 65.7 Å². The van der Waals surface area contributed by atoms with Crippen LogP contribution < -0.4 is 0 Å². The summed E-state index contributed by atoms with van der Waals surface area (Å²) < 4.78 is 1.80. The second kappa shape index (κ2) is 2.66. The Bertz CT molecular complexity index is 240. The fourth-order valence-electron chi connectivity index (χ4n) is 1.20. The predicted molar refractivity (Wildman–Crippen MR) is 41.3 cm³/mol. The molecule has 0 spiro atoms. The van der Waals surface area contributed by atoms with E-state index in [9.17, 15) is 0 Å². The molecule has 0 aliphatic heterocycles. The highest BCUT2D eigenvalue weighted by molar-refractivity contribution is 5.12. The second-order valence-electron chi connectivity index (χ2n) is 3.00. The molecule has 0 amide bonds. The molecule has 0 aromatic carbocycles. The van der Waals surface area contributed by atoms with Crippen molar-refractivity contribution in [3.8, 4) is 0 Å². The van der Waals surface area contributed by atoms with Gasteiger partial charge >= 0.3 is 0 Å². The number of aliphatic hydroxyl groups is 1. The lowest BCUT2D eigenvalue weighted by Crippen LogP contribution is -2.02. The molecular formula is C8H12N2O. The van der Waals surface area contributed by atoms with Crippen molar-refractivity contribution in [2.45, 2.75) is 25.3 Å². The van der Waals surface area contributed by atoms with Crippen molar-refractivity contribution in [1.29, 1.82) is 0 Å². The Balaban J connectivity index is 2.06. The zero-order chi connectivity index (χ0) is 7.68. The number of nitrogens with zero attached hydrogens (tertiary/aromatic N) is 2. The van der Waals surface area contributed by atoms with E-state index in [-0.39, 0.29) is 6.61 Å². The first-order valence-corrected chi connectivity index (χ1v) is 4.04. The van der Waals surface area contributed by atoms with E-state index in [1.807, 2.05) is 12.3 Å². The maximum atomic E-state index is 8.62. The van der Waals surface area contributed by atoms with Gasteiger partial charge in [-0.25, -0.2) is 0 Å². The lowest BCUT2D eigenvalue weighted by atomic mass is 10.3. The number of rotatable bonds is 3. The van der Waals surface area contributed by atoms with Crippen molar-refractivity contribution in [3.05, 3.63) is 18.0 Å². The first kappa shape index (κ1) is 6.85. The summed E-state index contributed by atoms with van der Waals surface area (Å²) in [6.45, 7) is 0.790. The zero-order valence-electron chi connectivity index (χ0n) is 6.40. The van der Waals surface area contributed by atoms with Gasteiger partial charge < -0.3 is 5.11 Å². The lowest BCUT2D eigenvalue weighted by molar-refractivity contribution is 0.269. The molecule has 0 atom stereocenters. The van der Waals surface area contributed by atoms with Gasteiger partial charge in [-0.2, -0.15) is 5.10 Å². The maximum absolute atomic E-state index is 8.62. The Morgan fingerprint density at radius 1 is 1.64 bits per heavy atom. The highest BCUT2D eigenvalue weighted by Crippen LogP contribution is 2.38. The molecule has 1 heterocycles. The van der Waals surface area contributed by atoms with Crippen LogP contribution in [0.3, 0.4) is 0 Å². The van der Waals surface area contributed by atoms with Crippen LogP contribution in [0.15, 0.2) is 12.3 Å². The standard InChI is InChI=1S/C8H12N2O/c11-6-5-10-4-3-8(9-10)7-1-2-7/h3-4,7,11H,1-2,5-6H2. The van der Waals surface area contributed by atoms with Gasteiger partial charge in [-0.15, -0.1) is 0 Å². The summed E-state index contributed by atoms with van der Waals surface area (Å²) in [6.07, 6.45) is 4.51. The van der Waals surface area contributed by atoms with Gasteiger partial charge in [0.05, 0.1) is 18.8 Å². The molecule has 1 N–H and O–H groups in total. The Kier molecular flexibility index (Phi) is 1.66. The van der Waals surface area contributed by atoms with Crippen LogP contribution >= 0.6 is 0 Å². The lowest BCUT2D eigenvalue weighted by Gasteiger charge is -1.94. The van der Waals surface area contributed by atoms with E-state index in [0.29, 0.717) is 6.54 Å². The molecule has 1 aliphatic carbocycles. The van der Waals surface area contributed by atoms with Crippen molar-refractivity contribution in [3.63, 3.8) is 0 Å².